The van der Waals surface area contributed by atoms with Gasteiger partial charge in [0.15, 0.2) is 0 Å². The highest BCUT2D eigenvalue weighted by atomic mass is 32.2. The molecule has 0 aliphatic carbocycles. The van der Waals surface area contributed by atoms with E-state index in [-0.39, 0.29) is 6.04 Å². The number of hydrogen-bond acceptors (Lipinski definition) is 4. The summed E-state index contributed by atoms with van der Waals surface area (Å²) < 4.78 is 0. The molecule has 2 N–H and O–H groups in total. The Morgan fingerprint density at radius 1 is 1.44 bits per heavy atom. The van der Waals surface area contributed by atoms with Gasteiger partial charge >= 0.3 is 0 Å². The highest BCUT2D eigenvalue weighted by Crippen LogP contribution is 2.39. The second-order valence-corrected chi connectivity index (χ2v) is 7.26. The van der Waals surface area contributed by atoms with Gasteiger partial charge in [-0.3, -0.25) is 4.98 Å². The first-order chi connectivity index (χ1) is 7.68. The molecule has 1 aromatic heterocycles. The first-order valence-electron chi connectivity index (χ1n) is 5.61. The zero-order chi connectivity index (χ0) is 11.5. The predicted octanol–water partition coefficient (Wildman–Crippen LogP) is 2.71. The second kappa shape index (κ2) is 5.43. The highest BCUT2D eigenvalue weighted by Gasteiger charge is 2.30. The lowest BCUT2D eigenvalue weighted by Gasteiger charge is -2.34. The van der Waals surface area contributed by atoms with Gasteiger partial charge in [-0.25, -0.2) is 0 Å². The number of hydrogen-bond donors (Lipinski definition) is 1. The third-order valence-electron chi connectivity index (χ3n) is 3.04. The Kier molecular flexibility index (Phi) is 4.16. The van der Waals surface area contributed by atoms with Crippen LogP contribution in [0, 0.1) is 0 Å². The second-order valence-electron chi connectivity index (χ2n) is 4.23. The van der Waals surface area contributed by atoms with Crippen LogP contribution in [-0.4, -0.2) is 26.5 Å². The molecule has 2 heterocycles. The average molecular weight is 254 g/mol. The molecule has 4 unspecified atom stereocenters. The fraction of sp³-hybridized carbons (Fsp3) is 0.583. The molecule has 1 fully saturated rings. The van der Waals surface area contributed by atoms with Gasteiger partial charge in [0, 0.05) is 39.9 Å². The van der Waals surface area contributed by atoms with Crippen molar-refractivity contribution in [1.29, 1.82) is 0 Å². The zero-order valence-electron chi connectivity index (χ0n) is 9.67. The van der Waals surface area contributed by atoms with Crippen molar-refractivity contribution in [2.24, 2.45) is 5.73 Å². The van der Waals surface area contributed by atoms with Crippen LogP contribution >= 0.6 is 23.5 Å². The summed E-state index contributed by atoms with van der Waals surface area (Å²) in [6, 6.07) is 4.15. The number of nitrogens with two attached hydrogens (primary N) is 1. The molecular formula is C12H18N2S2. The smallest absolute Gasteiger partial charge is 0.0439 e. The molecule has 0 bridgehead atoms. The van der Waals surface area contributed by atoms with E-state index in [1.54, 1.807) is 6.20 Å². The summed E-state index contributed by atoms with van der Waals surface area (Å²) in [6.45, 7) is 4.60. The van der Waals surface area contributed by atoms with Gasteiger partial charge in [0.05, 0.1) is 0 Å². The van der Waals surface area contributed by atoms with E-state index in [0.717, 1.165) is 16.6 Å². The molecule has 4 heteroatoms. The van der Waals surface area contributed by atoms with E-state index in [9.17, 15) is 0 Å². The van der Waals surface area contributed by atoms with Crippen LogP contribution in [0.5, 0.6) is 0 Å². The number of pyridine rings is 1. The van der Waals surface area contributed by atoms with Crippen LogP contribution in [0.1, 0.15) is 25.5 Å². The Hall–Kier alpha value is -0.190. The van der Waals surface area contributed by atoms with Crippen LogP contribution in [0.2, 0.25) is 0 Å². The molecule has 16 heavy (non-hydrogen) atoms. The van der Waals surface area contributed by atoms with Gasteiger partial charge in [-0.1, -0.05) is 19.9 Å². The summed E-state index contributed by atoms with van der Waals surface area (Å²) in [5.41, 5.74) is 7.46. The van der Waals surface area contributed by atoms with Crippen LogP contribution in [-0.2, 0) is 0 Å². The molecular weight excluding hydrogens is 236 g/mol. The maximum atomic E-state index is 6.30. The first kappa shape index (κ1) is 12.3. The van der Waals surface area contributed by atoms with Crippen molar-refractivity contribution in [1.82, 2.24) is 4.98 Å². The molecule has 1 aromatic rings. The van der Waals surface area contributed by atoms with Crippen LogP contribution < -0.4 is 5.73 Å². The van der Waals surface area contributed by atoms with Gasteiger partial charge in [-0.05, 0) is 11.6 Å². The minimum Gasteiger partial charge on any atom is -0.323 e. The largest absolute Gasteiger partial charge is 0.323 e. The fourth-order valence-corrected chi connectivity index (χ4v) is 4.83. The number of thioether (sulfide) groups is 2. The molecule has 2 rings (SSSR count). The Morgan fingerprint density at radius 2 is 2.25 bits per heavy atom. The van der Waals surface area contributed by atoms with Crippen molar-refractivity contribution < 1.29 is 0 Å². The van der Waals surface area contributed by atoms with Crippen molar-refractivity contribution in [2.75, 3.05) is 5.75 Å². The van der Waals surface area contributed by atoms with Crippen LogP contribution in [0.3, 0.4) is 0 Å². The lowest BCUT2D eigenvalue weighted by atomic mass is 10.1. The Bertz CT molecular complexity index is 331. The van der Waals surface area contributed by atoms with Crippen molar-refractivity contribution in [3.63, 3.8) is 0 Å². The molecule has 88 valence electrons. The van der Waals surface area contributed by atoms with Gasteiger partial charge < -0.3 is 5.73 Å². The van der Waals surface area contributed by atoms with E-state index in [0.29, 0.717) is 10.5 Å². The lowest BCUT2D eigenvalue weighted by Crippen LogP contribution is -2.34. The monoisotopic (exact) mass is 254 g/mol. The minimum atomic E-state index is 0.112. The average Bonchev–Trinajstić information content (AvgIpc) is 2.33. The number of rotatable bonds is 2. The summed E-state index contributed by atoms with van der Waals surface area (Å²) >= 11 is 4.06. The predicted molar refractivity (Wildman–Crippen MR) is 73.9 cm³/mol. The van der Waals surface area contributed by atoms with Crippen molar-refractivity contribution in [2.45, 2.75) is 35.6 Å². The van der Waals surface area contributed by atoms with E-state index in [4.69, 9.17) is 5.73 Å². The summed E-state index contributed by atoms with van der Waals surface area (Å²) in [5.74, 6) is 1.15. The van der Waals surface area contributed by atoms with Crippen molar-refractivity contribution in [3.8, 4) is 0 Å². The SMILES string of the molecule is CC1SCC(C(N)c2cccnc2)SC1C. The van der Waals surface area contributed by atoms with Crippen LogP contribution in [0.25, 0.3) is 0 Å². The molecule has 0 aromatic carbocycles. The Morgan fingerprint density at radius 3 is 2.88 bits per heavy atom. The van der Waals surface area contributed by atoms with E-state index in [1.807, 2.05) is 35.8 Å². The summed E-state index contributed by atoms with van der Waals surface area (Å²) in [4.78, 5) is 4.14. The van der Waals surface area contributed by atoms with Crippen molar-refractivity contribution in [3.05, 3.63) is 30.1 Å². The first-order valence-corrected chi connectivity index (χ1v) is 7.60. The Labute approximate surface area is 106 Å². The molecule has 2 nitrogen and oxygen atoms in total. The molecule has 0 spiro atoms. The lowest BCUT2D eigenvalue weighted by molar-refractivity contribution is 0.704. The molecule has 1 aliphatic rings. The van der Waals surface area contributed by atoms with Crippen molar-refractivity contribution >= 4 is 23.5 Å². The minimum absolute atomic E-state index is 0.112. The summed E-state index contributed by atoms with van der Waals surface area (Å²) in [6.07, 6.45) is 3.68. The normalized spacial score (nSPS) is 32.3. The molecule has 1 aliphatic heterocycles. The van der Waals surface area contributed by atoms with Gasteiger partial charge in [0.1, 0.15) is 0 Å². The van der Waals surface area contributed by atoms with Gasteiger partial charge in [-0.15, -0.1) is 0 Å². The van der Waals surface area contributed by atoms with E-state index >= 15 is 0 Å². The van der Waals surface area contributed by atoms with E-state index in [2.05, 4.69) is 24.9 Å². The van der Waals surface area contributed by atoms with Crippen LogP contribution in [0.4, 0.5) is 0 Å². The van der Waals surface area contributed by atoms with Crippen LogP contribution in [0.15, 0.2) is 24.5 Å². The van der Waals surface area contributed by atoms with Gasteiger partial charge in [0.2, 0.25) is 0 Å². The molecule has 0 saturated carbocycles. The fourth-order valence-electron chi connectivity index (χ4n) is 1.78. The number of aromatic nitrogens is 1. The third-order valence-corrected chi connectivity index (χ3v) is 6.56. The standard InChI is InChI=1S/C12H18N2S2/c1-8-9(2)16-11(7-15-8)12(13)10-4-3-5-14-6-10/h3-6,8-9,11-12H,7,13H2,1-2H3. The van der Waals surface area contributed by atoms with E-state index in [1.165, 1.54) is 0 Å². The maximum Gasteiger partial charge on any atom is 0.0439 e. The van der Waals surface area contributed by atoms with Gasteiger partial charge in [0.25, 0.3) is 0 Å². The zero-order valence-corrected chi connectivity index (χ0v) is 11.3. The quantitative estimate of drug-likeness (QED) is 0.881. The third kappa shape index (κ3) is 2.73. The van der Waals surface area contributed by atoms with Gasteiger partial charge in [-0.2, -0.15) is 23.5 Å². The summed E-state index contributed by atoms with van der Waals surface area (Å²) in [7, 11) is 0. The summed E-state index contributed by atoms with van der Waals surface area (Å²) in [5, 5.41) is 1.94. The molecule has 0 amide bonds. The topological polar surface area (TPSA) is 38.9 Å². The highest BCUT2D eigenvalue weighted by molar-refractivity contribution is 8.07. The molecule has 4 atom stereocenters. The number of nitrogens with zero attached hydrogens (tertiary/aromatic N) is 1. The Balaban J connectivity index is 2.03. The molecule has 1 saturated heterocycles. The van der Waals surface area contributed by atoms with E-state index < -0.39 is 0 Å². The molecule has 0 radical (unpaired) electrons. The maximum absolute atomic E-state index is 6.30.